The predicted octanol–water partition coefficient (Wildman–Crippen LogP) is 1.25. The highest BCUT2D eigenvalue weighted by molar-refractivity contribution is 5.94. The van der Waals surface area contributed by atoms with Crippen LogP contribution in [0.15, 0.2) is 49.2 Å². The standard InChI is InChI=1S/C19H22N6O2/c1-24-17(10-21-23-24)14-2-4-15(5-3-14)19(27)22-16-8-13(9-18(16)26)11-25-7-6-20-12-25/h2-7,10,12-13,16,18,26H,8-9,11H2,1H3,(H,22,27)/t13?,16-,18-/m1/s1. The van der Waals surface area contributed by atoms with Crippen LogP contribution in [0.4, 0.5) is 0 Å². The number of aliphatic hydroxyl groups excluding tert-OH is 1. The van der Waals surface area contributed by atoms with E-state index in [1.54, 1.807) is 35.5 Å². The summed E-state index contributed by atoms with van der Waals surface area (Å²) in [5, 5.41) is 21.1. The van der Waals surface area contributed by atoms with Crippen molar-refractivity contribution in [2.45, 2.75) is 31.5 Å². The molecule has 1 aromatic carbocycles. The third-order valence-corrected chi connectivity index (χ3v) is 5.13. The predicted molar refractivity (Wildman–Crippen MR) is 98.7 cm³/mol. The zero-order chi connectivity index (χ0) is 18.8. The Balaban J connectivity index is 1.38. The molecule has 1 amide bonds. The second-order valence-electron chi connectivity index (χ2n) is 7.06. The molecule has 3 atom stereocenters. The summed E-state index contributed by atoms with van der Waals surface area (Å²) in [6, 6.07) is 7.08. The van der Waals surface area contributed by atoms with Gasteiger partial charge in [0.05, 0.1) is 30.4 Å². The third-order valence-electron chi connectivity index (χ3n) is 5.13. The molecular formula is C19H22N6O2. The maximum absolute atomic E-state index is 12.6. The minimum absolute atomic E-state index is 0.169. The van der Waals surface area contributed by atoms with E-state index in [2.05, 4.69) is 20.6 Å². The average molecular weight is 366 g/mol. The maximum atomic E-state index is 12.6. The van der Waals surface area contributed by atoms with Crippen molar-refractivity contribution >= 4 is 5.91 Å². The van der Waals surface area contributed by atoms with Crippen LogP contribution in [0.5, 0.6) is 0 Å². The first-order valence-electron chi connectivity index (χ1n) is 9.00. The number of hydrogen-bond donors (Lipinski definition) is 2. The topological polar surface area (TPSA) is 97.9 Å². The van der Waals surface area contributed by atoms with Crippen molar-refractivity contribution in [2.24, 2.45) is 13.0 Å². The van der Waals surface area contributed by atoms with Gasteiger partial charge in [0, 0.05) is 37.1 Å². The number of rotatable bonds is 5. The molecule has 4 rings (SSSR count). The van der Waals surface area contributed by atoms with E-state index in [0.29, 0.717) is 17.9 Å². The first-order valence-corrected chi connectivity index (χ1v) is 9.00. The summed E-state index contributed by atoms with van der Waals surface area (Å²) in [7, 11) is 1.82. The monoisotopic (exact) mass is 366 g/mol. The van der Waals surface area contributed by atoms with Gasteiger partial charge in [0.1, 0.15) is 0 Å². The number of hydrogen-bond acceptors (Lipinski definition) is 5. The second kappa shape index (κ2) is 7.32. The first kappa shape index (κ1) is 17.4. The Kier molecular flexibility index (Phi) is 4.72. The molecule has 1 saturated carbocycles. The van der Waals surface area contributed by atoms with Gasteiger partial charge < -0.3 is 15.0 Å². The Morgan fingerprint density at radius 2 is 2.11 bits per heavy atom. The van der Waals surface area contributed by atoms with Crippen molar-refractivity contribution in [3.05, 3.63) is 54.7 Å². The lowest BCUT2D eigenvalue weighted by Crippen LogP contribution is -2.39. The van der Waals surface area contributed by atoms with Gasteiger partial charge in [0.2, 0.25) is 0 Å². The SMILES string of the molecule is Cn1nncc1-c1ccc(C(=O)N[C@@H]2CC(Cn3ccnc3)C[C@H]2O)cc1. The zero-order valence-corrected chi connectivity index (χ0v) is 15.1. The molecule has 1 unspecified atom stereocenters. The molecule has 8 nitrogen and oxygen atoms in total. The molecule has 1 fully saturated rings. The molecule has 0 aliphatic heterocycles. The van der Waals surface area contributed by atoms with Gasteiger partial charge in [0.25, 0.3) is 5.91 Å². The molecule has 1 aliphatic rings. The Hall–Kier alpha value is -3.00. The van der Waals surface area contributed by atoms with Crippen LogP contribution >= 0.6 is 0 Å². The number of aliphatic hydroxyl groups is 1. The van der Waals surface area contributed by atoms with Gasteiger partial charge >= 0.3 is 0 Å². The molecule has 27 heavy (non-hydrogen) atoms. The average Bonchev–Trinajstić information content (AvgIpc) is 3.39. The maximum Gasteiger partial charge on any atom is 0.251 e. The number of imidazole rings is 1. The number of carbonyl (C=O) groups is 1. The number of carbonyl (C=O) groups excluding carboxylic acids is 1. The van der Waals surface area contributed by atoms with Crippen molar-refractivity contribution in [3.63, 3.8) is 0 Å². The van der Waals surface area contributed by atoms with Gasteiger partial charge in [-0.15, -0.1) is 5.10 Å². The molecule has 0 bridgehead atoms. The van der Waals surface area contributed by atoms with Crippen LogP contribution in [0.25, 0.3) is 11.3 Å². The number of amides is 1. The largest absolute Gasteiger partial charge is 0.391 e. The molecule has 0 radical (unpaired) electrons. The van der Waals surface area contributed by atoms with Crippen LogP contribution in [-0.4, -0.2) is 47.7 Å². The van der Waals surface area contributed by atoms with E-state index >= 15 is 0 Å². The molecule has 8 heteroatoms. The highest BCUT2D eigenvalue weighted by Crippen LogP contribution is 2.28. The van der Waals surface area contributed by atoms with Crippen molar-refractivity contribution in [2.75, 3.05) is 0 Å². The summed E-state index contributed by atoms with van der Waals surface area (Å²) in [6.07, 6.45) is 8.02. The van der Waals surface area contributed by atoms with Gasteiger partial charge in [-0.2, -0.15) is 0 Å². The number of nitrogens with zero attached hydrogens (tertiary/aromatic N) is 5. The van der Waals surface area contributed by atoms with E-state index in [-0.39, 0.29) is 11.9 Å². The number of aromatic nitrogens is 5. The van der Waals surface area contributed by atoms with Crippen LogP contribution in [0.3, 0.4) is 0 Å². The van der Waals surface area contributed by atoms with Gasteiger partial charge in [-0.25, -0.2) is 9.67 Å². The van der Waals surface area contributed by atoms with Gasteiger partial charge in [-0.3, -0.25) is 4.79 Å². The molecule has 2 N–H and O–H groups in total. The quantitative estimate of drug-likeness (QED) is 0.708. The fourth-order valence-electron chi connectivity index (χ4n) is 3.71. The number of aryl methyl sites for hydroxylation is 1. The first-order chi connectivity index (χ1) is 13.1. The molecular weight excluding hydrogens is 344 g/mol. The smallest absolute Gasteiger partial charge is 0.251 e. The van der Waals surface area contributed by atoms with Crippen molar-refractivity contribution in [1.82, 2.24) is 29.9 Å². The normalized spacial score (nSPS) is 22.1. The highest BCUT2D eigenvalue weighted by atomic mass is 16.3. The minimum atomic E-state index is -0.526. The van der Waals surface area contributed by atoms with Crippen molar-refractivity contribution in [3.8, 4) is 11.3 Å². The van der Waals surface area contributed by atoms with E-state index in [9.17, 15) is 9.90 Å². The molecule has 140 valence electrons. The van der Waals surface area contributed by atoms with Crippen LogP contribution < -0.4 is 5.32 Å². The van der Waals surface area contributed by atoms with Crippen molar-refractivity contribution < 1.29 is 9.90 Å². The van der Waals surface area contributed by atoms with Gasteiger partial charge in [-0.05, 0) is 30.9 Å². The third kappa shape index (κ3) is 3.75. The van der Waals surface area contributed by atoms with Crippen molar-refractivity contribution in [1.29, 1.82) is 0 Å². The van der Waals surface area contributed by atoms with E-state index in [1.807, 2.05) is 29.9 Å². The van der Waals surface area contributed by atoms with E-state index in [4.69, 9.17) is 0 Å². The highest BCUT2D eigenvalue weighted by Gasteiger charge is 2.34. The fourth-order valence-corrected chi connectivity index (χ4v) is 3.71. The summed E-state index contributed by atoms with van der Waals surface area (Å²) in [5.41, 5.74) is 2.40. The Morgan fingerprint density at radius 3 is 2.78 bits per heavy atom. The van der Waals surface area contributed by atoms with E-state index < -0.39 is 6.10 Å². The zero-order valence-electron chi connectivity index (χ0n) is 15.1. The second-order valence-corrected chi connectivity index (χ2v) is 7.06. The molecule has 2 heterocycles. The van der Waals surface area contributed by atoms with Crippen LogP contribution in [0.1, 0.15) is 23.2 Å². The van der Waals surface area contributed by atoms with Gasteiger partial charge in [-0.1, -0.05) is 17.3 Å². The van der Waals surface area contributed by atoms with E-state index in [1.165, 1.54) is 0 Å². The summed E-state index contributed by atoms with van der Waals surface area (Å²) in [5.74, 6) is 0.149. The Bertz CT molecular complexity index is 903. The molecule has 2 aromatic heterocycles. The summed E-state index contributed by atoms with van der Waals surface area (Å²) < 4.78 is 3.69. The minimum Gasteiger partial charge on any atom is -0.391 e. The van der Waals surface area contributed by atoms with E-state index in [0.717, 1.165) is 24.2 Å². The molecule has 0 spiro atoms. The summed E-state index contributed by atoms with van der Waals surface area (Å²) in [4.78, 5) is 16.6. The number of nitrogens with one attached hydrogen (secondary N) is 1. The fraction of sp³-hybridized carbons (Fsp3) is 0.368. The Labute approximate surface area is 156 Å². The lowest BCUT2D eigenvalue weighted by atomic mass is 10.1. The van der Waals surface area contributed by atoms with Gasteiger partial charge in [0.15, 0.2) is 0 Å². The lowest BCUT2D eigenvalue weighted by molar-refractivity contribution is 0.0873. The molecule has 1 aliphatic carbocycles. The Morgan fingerprint density at radius 1 is 1.30 bits per heavy atom. The molecule has 3 aromatic rings. The van der Waals surface area contributed by atoms with Crippen LogP contribution in [0.2, 0.25) is 0 Å². The molecule has 0 saturated heterocycles. The van der Waals surface area contributed by atoms with Crippen LogP contribution in [0, 0.1) is 5.92 Å². The lowest BCUT2D eigenvalue weighted by Gasteiger charge is -2.16. The van der Waals surface area contributed by atoms with Crippen LogP contribution in [-0.2, 0) is 13.6 Å². The number of benzene rings is 1. The summed E-state index contributed by atoms with van der Waals surface area (Å²) in [6.45, 7) is 0.802. The summed E-state index contributed by atoms with van der Waals surface area (Å²) >= 11 is 0.